The van der Waals surface area contributed by atoms with E-state index in [1.807, 2.05) is 0 Å². The normalized spacial score (nSPS) is 20.0. The van der Waals surface area contributed by atoms with Crippen molar-refractivity contribution in [2.75, 3.05) is 18.1 Å². The van der Waals surface area contributed by atoms with Gasteiger partial charge in [0.1, 0.15) is 5.60 Å². The number of hydrogen-bond acceptors (Lipinski definition) is 6. The van der Waals surface area contributed by atoms with E-state index < -0.39 is 41.5 Å². The van der Waals surface area contributed by atoms with Crippen LogP contribution in [0.15, 0.2) is 12.3 Å². The highest BCUT2D eigenvalue weighted by Crippen LogP contribution is 2.22. The highest BCUT2D eigenvalue weighted by atomic mass is 19.2. The summed E-state index contributed by atoms with van der Waals surface area (Å²) in [6, 6.07) is 0.808. The zero-order chi connectivity index (χ0) is 18.1. The fourth-order valence-electron chi connectivity index (χ4n) is 2.13. The van der Waals surface area contributed by atoms with Crippen LogP contribution in [0.25, 0.3) is 0 Å². The Morgan fingerprint density at radius 1 is 1.50 bits per heavy atom. The first kappa shape index (κ1) is 18.2. The molecule has 24 heavy (non-hydrogen) atoms. The lowest BCUT2D eigenvalue weighted by Crippen LogP contribution is -2.55. The minimum absolute atomic E-state index is 0.00332. The number of esters is 1. The molecule has 1 N–H and O–H groups in total. The Hall–Kier alpha value is -2.13. The predicted octanol–water partition coefficient (Wildman–Crippen LogP) is 0.794. The van der Waals surface area contributed by atoms with Crippen LogP contribution in [0, 0.1) is 11.8 Å². The van der Waals surface area contributed by atoms with E-state index in [-0.39, 0.29) is 18.8 Å². The molecular formula is C15H18F2N2O5. The summed E-state index contributed by atoms with van der Waals surface area (Å²) in [4.78, 5) is 28.6. The number of rotatable bonds is 3. The molecule has 1 saturated heterocycles. The second kappa shape index (κ2) is 6.78. The Balaban J connectivity index is 2.17. The summed E-state index contributed by atoms with van der Waals surface area (Å²) in [5, 5.41) is 10.0. The van der Waals surface area contributed by atoms with E-state index in [0.717, 1.165) is 17.2 Å². The Morgan fingerprint density at radius 3 is 2.75 bits per heavy atom. The van der Waals surface area contributed by atoms with Crippen LogP contribution in [0.1, 0.15) is 20.8 Å². The standard InChI is InChI=1S/C15H18F2N2O5/c1-15(2,3)24-14(22)10(20)11-13(21)19(4-5-23-11)8-6-9(16)12(17)18-7-8/h6-7,10-11,20H,4-5H2,1-3H3. The molecule has 2 heterocycles. The zero-order valence-electron chi connectivity index (χ0n) is 13.5. The van der Waals surface area contributed by atoms with Crippen LogP contribution in [0.4, 0.5) is 14.5 Å². The van der Waals surface area contributed by atoms with Crippen LogP contribution in [0.2, 0.25) is 0 Å². The summed E-state index contributed by atoms with van der Waals surface area (Å²) in [5.74, 6) is -4.28. The van der Waals surface area contributed by atoms with E-state index in [1.165, 1.54) is 0 Å². The monoisotopic (exact) mass is 344 g/mol. The molecule has 1 aliphatic heterocycles. The lowest BCUT2D eigenvalue weighted by Gasteiger charge is -2.34. The van der Waals surface area contributed by atoms with Gasteiger partial charge in [-0.2, -0.15) is 4.39 Å². The molecule has 7 nitrogen and oxygen atoms in total. The minimum atomic E-state index is -1.84. The van der Waals surface area contributed by atoms with Crippen molar-refractivity contribution in [3.63, 3.8) is 0 Å². The van der Waals surface area contributed by atoms with Crippen molar-refractivity contribution in [2.24, 2.45) is 0 Å². The molecule has 0 saturated carbocycles. The first-order valence-corrected chi connectivity index (χ1v) is 7.25. The maximum atomic E-state index is 13.3. The van der Waals surface area contributed by atoms with Gasteiger partial charge in [0.15, 0.2) is 18.0 Å². The predicted molar refractivity (Wildman–Crippen MR) is 78.1 cm³/mol. The van der Waals surface area contributed by atoms with E-state index in [9.17, 15) is 23.5 Å². The quantitative estimate of drug-likeness (QED) is 0.644. The van der Waals surface area contributed by atoms with Crippen molar-refractivity contribution in [1.29, 1.82) is 0 Å². The number of carbonyl (C=O) groups excluding carboxylic acids is 2. The Bertz CT molecular complexity index is 647. The number of carbonyl (C=O) groups is 2. The van der Waals surface area contributed by atoms with Crippen molar-refractivity contribution >= 4 is 17.6 Å². The third kappa shape index (κ3) is 4.04. The molecule has 1 fully saturated rings. The third-order valence-electron chi connectivity index (χ3n) is 3.15. The van der Waals surface area contributed by atoms with Gasteiger partial charge in [0.2, 0.25) is 5.95 Å². The number of morpholine rings is 1. The average Bonchev–Trinajstić information content (AvgIpc) is 2.48. The second-order valence-electron chi connectivity index (χ2n) is 6.23. The maximum absolute atomic E-state index is 13.3. The molecule has 9 heteroatoms. The van der Waals surface area contributed by atoms with Gasteiger partial charge in [-0.15, -0.1) is 0 Å². The number of nitrogens with zero attached hydrogens (tertiary/aromatic N) is 2. The lowest BCUT2D eigenvalue weighted by atomic mass is 10.1. The smallest absolute Gasteiger partial charge is 0.338 e. The van der Waals surface area contributed by atoms with Gasteiger partial charge in [0.25, 0.3) is 5.91 Å². The fourth-order valence-corrected chi connectivity index (χ4v) is 2.13. The molecule has 1 aliphatic rings. The molecule has 1 amide bonds. The highest BCUT2D eigenvalue weighted by Gasteiger charge is 2.41. The number of pyridine rings is 1. The summed E-state index contributed by atoms with van der Waals surface area (Å²) in [6.45, 7) is 4.87. The molecule has 0 aromatic carbocycles. The number of halogens is 2. The van der Waals surface area contributed by atoms with Crippen molar-refractivity contribution in [3.05, 3.63) is 24.0 Å². The van der Waals surface area contributed by atoms with Crippen LogP contribution in [-0.2, 0) is 19.1 Å². The van der Waals surface area contributed by atoms with Gasteiger partial charge in [0.05, 0.1) is 18.5 Å². The summed E-state index contributed by atoms with van der Waals surface area (Å²) >= 11 is 0. The minimum Gasteiger partial charge on any atom is -0.458 e. The third-order valence-corrected chi connectivity index (χ3v) is 3.15. The van der Waals surface area contributed by atoms with Crippen LogP contribution >= 0.6 is 0 Å². The van der Waals surface area contributed by atoms with E-state index >= 15 is 0 Å². The number of aliphatic hydroxyl groups is 1. The molecule has 0 aliphatic carbocycles. The van der Waals surface area contributed by atoms with Crippen LogP contribution in [0.3, 0.4) is 0 Å². The van der Waals surface area contributed by atoms with Gasteiger partial charge < -0.3 is 19.5 Å². The van der Waals surface area contributed by atoms with Gasteiger partial charge >= 0.3 is 5.97 Å². The molecule has 2 unspecified atom stereocenters. The Kier molecular flexibility index (Phi) is 5.14. The number of amides is 1. The first-order valence-electron chi connectivity index (χ1n) is 7.25. The van der Waals surface area contributed by atoms with Gasteiger partial charge in [-0.1, -0.05) is 0 Å². The number of ether oxygens (including phenoxy) is 2. The summed E-state index contributed by atoms with van der Waals surface area (Å²) in [5.41, 5.74) is -0.844. The van der Waals surface area contributed by atoms with E-state index in [4.69, 9.17) is 9.47 Å². The van der Waals surface area contributed by atoms with E-state index in [0.29, 0.717) is 0 Å². The summed E-state index contributed by atoms with van der Waals surface area (Å²) in [6.07, 6.45) is -2.35. The Labute approximate surface area is 137 Å². The molecule has 1 aromatic heterocycles. The molecule has 0 spiro atoms. The number of aromatic nitrogens is 1. The molecule has 0 radical (unpaired) electrons. The second-order valence-corrected chi connectivity index (χ2v) is 6.23. The molecule has 1 aromatic rings. The summed E-state index contributed by atoms with van der Waals surface area (Å²) < 4.78 is 36.4. The molecule has 132 valence electrons. The van der Waals surface area contributed by atoms with E-state index in [1.54, 1.807) is 20.8 Å². The van der Waals surface area contributed by atoms with Gasteiger partial charge in [-0.25, -0.2) is 14.2 Å². The highest BCUT2D eigenvalue weighted by molar-refractivity contribution is 6.00. The largest absolute Gasteiger partial charge is 0.458 e. The SMILES string of the molecule is CC(C)(C)OC(=O)C(O)C1OCCN(c2cnc(F)c(F)c2)C1=O. The van der Waals surface area contributed by atoms with Crippen molar-refractivity contribution in [3.8, 4) is 0 Å². The fraction of sp³-hybridized carbons (Fsp3) is 0.533. The van der Waals surface area contributed by atoms with Crippen LogP contribution in [-0.4, -0.2) is 52.9 Å². The summed E-state index contributed by atoms with van der Waals surface area (Å²) in [7, 11) is 0. The van der Waals surface area contributed by atoms with Crippen LogP contribution in [0.5, 0.6) is 0 Å². The van der Waals surface area contributed by atoms with Gasteiger partial charge in [-0.3, -0.25) is 4.79 Å². The number of anilines is 1. The van der Waals surface area contributed by atoms with Crippen molar-refractivity contribution in [2.45, 2.75) is 38.6 Å². The molecule has 2 rings (SSSR count). The number of aliphatic hydroxyl groups excluding tert-OH is 1. The first-order chi connectivity index (χ1) is 11.1. The van der Waals surface area contributed by atoms with Crippen molar-refractivity contribution in [1.82, 2.24) is 4.98 Å². The van der Waals surface area contributed by atoms with Gasteiger partial charge in [0, 0.05) is 12.6 Å². The average molecular weight is 344 g/mol. The molecule has 0 bridgehead atoms. The van der Waals surface area contributed by atoms with Crippen molar-refractivity contribution < 1.29 is 33.0 Å². The molecular weight excluding hydrogens is 326 g/mol. The maximum Gasteiger partial charge on any atom is 0.338 e. The van der Waals surface area contributed by atoms with E-state index in [2.05, 4.69) is 4.98 Å². The van der Waals surface area contributed by atoms with Crippen LogP contribution < -0.4 is 4.90 Å². The number of hydrogen-bond donors (Lipinski definition) is 1. The Morgan fingerprint density at radius 2 is 2.17 bits per heavy atom. The molecule has 2 atom stereocenters. The zero-order valence-corrected chi connectivity index (χ0v) is 13.5. The topological polar surface area (TPSA) is 89.0 Å². The van der Waals surface area contributed by atoms with Gasteiger partial charge in [-0.05, 0) is 20.8 Å². The lowest BCUT2D eigenvalue weighted by molar-refractivity contribution is -0.177.